The van der Waals surface area contributed by atoms with Gasteiger partial charge in [-0.05, 0) is 47.7 Å². The number of hydrogen-bond donors (Lipinski definition) is 1. The lowest BCUT2D eigenvalue weighted by Crippen LogP contribution is -2.31. The van der Waals surface area contributed by atoms with Gasteiger partial charge in [0.1, 0.15) is 30.2 Å². The second-order valence-corrected chi connectivity index (χ2v) is 9.36. The minimum atomic E-state index is -0.804. The molecule has 2 N–H and O–H groups in total. The van der Waals surface area contributed by atoms with Gasteiger partial charge in [-0.25, -0.2) is 15.0 Å². The number of hydrogen-bond acceptors (Lipinski definition) is 7. The molecule has 0 amide bonds. The minimum absolute atomic E-state index is 0.163. The molecule has 0 unspecified atom stereocenters. The number of ether oxygens (including phenoxy) is 3. The van der Waals surface area contributed by atoms with Crippen molar-refractivity contribution in [2.45, 2.75) is 32.7 Å². The minimum Gasteiger partial charge on any atom is -0.494 e. The highest BCUT2D eigenvalue weighted by molar-refractivity contribution is 5.78. The fourth-order valence-electron chi connectivity index (χ4n) is 4.03. The number of aromatic nitrogens is 2. The first-order valence-electron chi connectivity index (χ1n) is 10.7. The first-order chi connectivity index (χ1) is 15.3. The van der Waals surface area contributed by atoms with E-state index in [0.717, 1.165) is 45.9 Å². The molecule has 0 radical (unpaired) electrons. The molecule has 2 aliphatic heterocycles. The second kappa shape index (κ2) is 7.51. The molecule has 164 valence electrons. The van der Waals surface area contributed by atoms with Gasteiger partial charge in [-0.2, -0.15) is 0 Å². The van der Waals surface area contributed by atoms with E-state index in [1.54, 1.807) is 12.4 Å². The van der Waals surface area contributed by atoms with Crippen molar-refractivity contribution in [3.8, 4) is 28.4 Å². The first-order valence-corrected chi connectivity index (χ1v) is 10.7. The van der Waals surface area contributed by atoms with E-state index < -0.39 is 5.54 Å². The van der Waals surface area contributed by atoms with E-state index in [4.69, 9.17) is 24.9 Å². The topological polar surface area (TPSA) is 91.9 Å². The molecule has 0 saturated carbocycles. The Morgan fingerprint density at radius 2 is 1.72 bits per heavy atom. The Kier molecular flexibility index (Phi) is 4.77. The van der Waals surface area contributed by atoms with Gasteiger partial charge in [-0.3, -0.25) is 0 Å². The molecule has 7 nitrogen and oxygen atoms in total. The Morgan fingerprint density at radius 3 is 2.41 bits per heavy atom. The van der Waals surface area contributed by atoms with Crippen LogP contribution in [0.5, 0.6) is 17.2 Å². The maximum atomic E-state index is 6.25. The van der Waals surface area contributed by atoms with Crippen molar-refractivity contribution in [1.82, 2.24) is 9.97 Å². The fraction of sp³-hybridized carbons (Fsp3) is 0.320. The molecule has 1 atom stereocenters. The summed E-state index contributed by atoms with van der Waals surface area (Å²) in [7, 11) is 0. The summed E-state index contributed by atoms with van der Waals surface area (Å²) in [5, 5.41) is 0. The molecule has 0 bridgehead atoms. The van der Waals surface area contributed by atoms with Crippen LogP contribution < -0.4 is 15.2 Å². The van der Waals surface area contributed by atoms with E-state index in [1.807, 2.05) is 30.3 Å². The summed E-state index contributed by atoms with van der Waals surface area (Å²) < 4.78 is 18.0. The molecule has 0 saturated heterocycles. The number of fused-ring (bicyclic) bond motifs is 4. The molecule has 5 rings (SSSR count). The third-order valence-electron chi connectivity index (χ3n) is 5.79. The van der Waals surface area contributed by atoms with Crippen LogP contribution in [0, 0.1) is 5.41 Å². The summed E-state index contributed by atoms with van der Waals surface area (Å²) in [4.78, 5) is 13.0. The van der Waals surface area contributed by atoms with Crippen LogP contribution in [0.25, 0.3) is 11.1 Å². The van der Waals surface area contributed by atoms with Gasteiger partial charge in [0.25, 0.3) is 6.02 Å². The molecule has 7 heteroatoms. The highest BCUT2D eigenvalue weighted by Gasteiger charge is 2.47. The Bertz CT molecular complexity index is 1190. The maximum Gasteiger partial charge on any atom is 0.283 e. The van der Waals surface area contributed by atoms with Gasteiger partial charge in [0.15, 0.2) is 5.54 Å². The molecule has 3 heterocycles. The van der Waals surface area contributed by atoms with Gasteiger partial charge >= 0.3 is 0 Å². The van der Waals surface area contributed by atoms with Crippen molar-refractivity contribution in [2.24, 2.45) is 16.1 Å². The van der Waals surface area contributed by atoms with E-state index in [2.05, 4.69) is 36.8 Å². The van der Waals surface area contributed by atoms with E-state index in [1.165, 1.54) is 6.33 Å². The summed E-state index contributed by atoms with van der Waals surface area (Å²) >= 11 is 0. The van der Waals surface area contributed by atoms with Crippen LogP contribution in [-0.2, 0) is 10.3 Å². The number of benzene rings is 2. The number of nitrogens with two attached hydrogens (primary N) is 1. The monoisotopic (exact) mass is 430 g/mol. The maximum absolute atomic E-state index is 6.25. The average Bonchev–Trinajstić information content (AvgIpc) is 3.16. The lowest BCUT2D eigenvalue weighted by molar-refractivity contribution is 0.240. The Hall–Kier alpha value is -3.61. The van der Waals surface area contributed by atoms with Gasteiger partial charge < -0.3 is 19.9 Å². The van der Waals surface area contributed by atoms with Crippen molar-refractivity contribution in [1.29, 1.82) is 0 Å². The molecular weight excluding hydrogens is 404 g/mol. The predicted octanol–water partition coefficient (Wildman–Crippen LogP) is 4.65. The quantitative estimate of drug-likeness (QED) is 0.648. The number of amidine groups is 1. The van der Waals surface area contributed by atoms with Gasteiger partial charge in [0, 0.05) is 29.1 Å². The molecule has 2 aromatic carbocycles. The van der Waals surface area contributed by atoms with E-state index >= 15 is 0 Å². The third-order valence-corrected chi connectivity index (χ3v) is 5.79. The summed E-state index contributed by atoms with van der Waals surface area (Å²) in [6, 6.07) is 12.0. The van der Waals surface area contributed by atoms with Crippen molar-refractivity contribution >= 4 is 6.02 Å². The largest absolute Gasteiger partial charge is 0.494 e. The van der Waals surface area contributed by atoms with Gasteiger partial charge in [-0.15, -0.1) is 0 Å². The lowest BCUT2D eigenvalue weighted by Gasteiger charge is -2.34. The smallest absolute Gasteiger partial charge is 0.283 e. The van der Waals surface area contributed by atoms with Crippen LogP contribution in [-0.4, -0.2) is 29.2 Å². The molecule has 0 aliphatic carbocycles. The fourth-order valence-corrected chi connectivity index (χ4v) is 4.03. The first kappa shape index (κ1) is 20.3. The van der Waals surface area contributed by atoms with Crippen LogP contribution in [0.1, 0.15) is 38.3 Å². The van der Waals surface area contributed by atoms with Crippen molar-refractivity contribution in [2.75, 3.05) is 13.2 Å². The van der Waals surface area contributed by atoms with Crippen LogP contribution >= 0.6 is 0 Å². The molecule has 3 aromatic rings. The summed E-state index contributed by atoms with van der Waals surface area (Å²) in [6.45, 7) is 7.53. The predicted molar refractivity (Wildman–Crippen MR) is 122 cm³/mol. The lowest BCUT2D eigenvalue weighted by atomic mass is 9.80. The molecule has 1 aromatic heterocycles. The summed E-state index contributed by atoms with van der Waals surface area (Å²) in [6.07, 6.45) is 6.02. The zero-order chi connectivity index (χ0) is 22.3. The van der Waals surface area contributed by atoms with Crippen LogP contribution in [0.2, 0.25) is 0 Å². The number of aliphatic imine (C=N–C) groups is 1. The van der Waals surface area contributed by atoms with Crippen molar-refractivity contribution < 1.29 is 14.2 Å². The Morgan fingerprint density at radius 1 is 1.00 bits per heavy atom. The average molecular weight is 431 g/mol. The van der Waals surface area contributed by atoms with Crippen molar-refractivity contribution in [3.63, 3.8) is 0 Å². The highest BCUT2D eigenvalue weighted by Crippen LogP contribution is 2.52. The standard InChI is InChI=1S/C25H26N4O3/c1-24(2,3)8-9-30-18-5-7-22-20(11-18)25(14-31-23(26)29-25)19-10-16(4-6-21(19)32-22)17-12-27-15-28-13-17/h4-7,10-13,15H,8-9,14H2,1-3H3,(H2,26,29)/t25-/m0/s1. The Balaban J connectivity index is 1.57. The summed E-state index contributed by atoms with van der Waals surface area (Å²) in [5.74, 6) is 2.22. The molecule has 1 spiro atoms. The Labute approximate surface area is 187 Å². The van der Waals surface area contributed by atoms with Gasteiger partial charge in [-0.1, -0.05) is 26.8 Å². The van der Waals surface area contributed by atoms with Crippen LogP contribution in [0.3, 0.4) is 0 Å². The summed E-state index contributed by atoms with van der Waals surface area (Å²) in [5.41, 5.74) is 9.04. The SMILES string of the molecule is CC(C)(C)CCOc1ccc2c(c1)[C@]1(COC(N)=N1)c1cc(-c3cncnc3)ccc1O2. The second-order valence-electron chi connectivity index (χ2n) is 9.36. The van der Waals surface area contributed by atoms with Gasteiger partial charge in [0.2, 0.25) is 0 Å². The zero-order valence-electron chi connectivity index (χ0n) is 18.5. The van der Waals surface area contributed by atoms with Gasteiger partial charge in [0.05, 0.1) is 6.61 Å². The molecule has 0 fully saturated rings. The highest BCUT2D eigenvalue weighted by atomic mass is 16.5. The van der Waals surface area contributed by atoms with E-state index in [0.29, 0.717) is 13.2 Å². The van der Waals surface area contributed by atoms with Crippen LogP contribution in [0.4, 0.5) is 0 Å². The third kappa shape index (κ3) is 3.64. The van der Waals surface area contributed by atoms with E-state index in [9.17, 15) is 0 Å². The van der Waals surface area contributed by atoms with E-state index in [-0.39, 0.29) is 11.4 Å². The number of nitrogens with zero attached hydrogens (tertiary/aromatic N) is 3. The van der Waals surface area contributed by atoms with Crippen LogP contribution in [0.15, 0.2) is 60.1 Å². The normalized spacial score (nSPS) is 18.9. The zero-order valence-corrected chi connectivity index (χ0v) is 18.5. The molecule has 32 heavy (non-hydrogen) atoms. The van der Waals surface area contributed by atoms with Crippen molar-refractivity contribution in [3.05, 3.63) is 66.2 Å². The molecular formula is C25H26N4O3. The molecule has 2 aliphatic rings. The number of rotatable bonds is 4.